The maximum atomic E-state index is 13.3. The number of hydrogen-bond donors (Lipinski definition) is 1. The lowest BCUT2D eigenvalue weighted by Crippen LogP contribution is -2.27. The highest BCUT2D eigenvalue weighted by Crippen LogP contribution is 2.37. The Morgan fingerprint density at radius 3 is 2.41 bits per heavy atom. The standard InChI is InChI=1S/C22H23F4NO5/c1-11(9-17(28)19-20(29)18(31-4)7-8-27-19)21(30)32-13(3)12(2)15-6-5-14(23)10-16(15)22(24,25)26/h5-8,10-13,29H,9H2,1-4H3/t11-,12-,13+/m1/s1. The van der Waals surface area contributed by atoms with Gasteiger partial charge in [0, 0.05) is 24.6 Å². The molecule has 0 bridgehead atoms. The quantitative estimate of drug-likeness (QED) is 0.345. The lowest BCUT2D eigenvalue weighted by atomic mass is 9.91. The number of alkyl halides is 3. The molecule has 0 saturated carbocycles. The van der Waals surface area contributed by atoms with Crippen molar-refractivity contribution in [1.82, 2.24) is 4.98 Å². The molecule has 2 aromatic rings. The van der Waals surface area contributed by atoms with Gasteiger partial charge in [-0.25, -0.2) is 9.37 Å². The van der Waals surface area contributed by atoms with E-state index in [1.807, 2.05) is 0 Å². The molecule has 3 atom stereocenters. The van der Waals surface area contributed by atoms with Gasteiger partial charge in [0.2, 0.25) is 0 Å². The number of carbonyl (C=O) groups is 2. The summed E-state index contributed by atoms with van der Waals surface area (Å²) >= 11 is 0. The van der Waals surface area contributed by atoms with E-state index in [4.69, 9.17) is 9.47 Å². The summed E-state index contributed by atoms with van der Waals surface area (Å²) < 4.78 is 63.4. The van der Waals surface area contributed by atoms with Gasteiger partial charge in [-0.05, 0) is 24.6 Å². The Morgan fingerprint density at radius 1 is 1.16 bits per heavy atom. The molecule has 1 heterocycles. The number of Topliss-reactive ketones (excluding diaryl/α,β-unsaturated/α-hetero) is 1. The molecule has 1 N–H and O–H groups in total. The highest BCUT2D eigenvalue weighted by Gasteiger charge is 2.36. The number of halogens is 4. The van der Waals surface area contributed by atoms with E-state index in [0.717, 1.165) is 12.1 Å². The molecular formula is C22H23F4NO5. The summed E-state index contributed by atoms with van der Waals surface area (Å²) in [6, 6.07) is 3.68. The van der Waals surface area contributed by atoms with Crippen molar-refractivity contribution < 1.29 is 41.7 Å². The van der Waals surface area contributed by atoms with Gasteiger partial charge in [0.1, 0.15) is 11.9 Å². The average molecular weight is 457 g/mol. The minimum Gasteiger partial charge on any atom is -0.503 e. The molecule has 0 unspecified atom stereocenters. The van der Waals surface area contributed by atoms with E-state index in [9.17, 15) is 32.3 Å². The van der Waals surface area contributed by atoms with Crippen LogP contribution < -0.4 is 4.74 Å². The number of esters is 1. The fraction of sp³-hybridized carbons (Fsp3) is 0.409. The average Bonchev–Trinajstić information content (AvgIpc) is 2.72. The maximum Gasteiger partial charge on any atom is 0.416 e. The second-order valence-corrected chi connectivity index (χ2v) is 7.40. The molecule has 2 rings (SSSR count). The molecule has 32 heavy (non-hydrogen) atoms. The Hall–Kier alpha value is -3.17. The van der Waals surface area contributed by atoms with Crippen LogP contribution in [0.15, 0.2) is 30.5 Å². The number of aromatic nitrogens is 1. The van der Waals surface area contributed by atoms with Crippen LogP contribution >= 0.6 is 0 Å². The molecular weight excluding hydrogens is 434 g/mol. The van der Waals surface area contributed by atoms with Crippen molar-refractivity contribution in [3.8, 4) is 11.5 Å². The number of pyridine rings is 1. The van der Waals surface area contributed by atoms with Crippen LogP contribution in [-0.4, -0.2) is 35.1 Å². The number of rotatable bonds is 8. The van der Waals surface area contributed by atoms with Crippen LogP contribution in [0.2, 0.25) is 0 Å². The summed E-state index contributed by atoms with van der Waals surface area (Å²) in [6.45, 7) is 4.25. The zero-order chi connectivity index (χ0) is 24.2. The summed E-state index contributed by atoms with van der Waals surface area (Å²) in [5, 5.41) is 10.0. The molecule has 0 fully saturated rings. The molecule has 0 radical (unpaired) electrons. The van der Waals surface area contributed by atoms with Crippen molar-refractivity contribution in [2.24, 2.45) is 5.92 Å². The zero-order valence-electron chi connectivity index (χ0n) is 17.9. The van der Waals surface area contributed by atoms with Gasteiger partial charge >= 0.3 is 12.1 Å². The fourth-order valence-corrected chi connectivity index (χ4v) is 3.09. The molecule has 0 aliphatic rings. The fourth-order valence-electron chi connectivity index (χ4n) is 3.09. The molecule has 0 aliphatic carbocycles. The van der Waals surface area contributed by atoms with E-state index >= 15 is 0 Å². The molecule has 174 valence electrons. The first-order valence-electron chi connectivity index (χ1n) is 9.69. The lowest BCUT2D eigenvalue weighted by Gasteiger charge is -2.25. The molecule has 0 amide bonds. The number of aromatic hydroxyl groups is 1. The number of benzene rings is 1. The summed E-state index contributed by atoms with van der Waals surface area (Å²) in [5.41, 5.74) is -1.63. The first kappa shape index (κ1) is 25.1. The van der Waals surface area contributed by atoms with Gasteiger partial charge in [0.15, 0.2) is 23.0 Å². The van der Waals surface area contributed by atoms with Gasteiger partial charge in [-0.1, -0.05) is 19.9 Å². The number of methoxy groups -OCH3 is 1. The van der Waals surface area contributed by atoms with Crippen LogP contribution in [0.4, 0.5) is 17.6 Å². The normalized spacial score (nSPS) is 14.4. The summed E-state index contributed by atoms with van der Waals surface area (Å²) in [7, 11) is 1.30. The lowest BCUT2D eigenvalue weighted by molar-refractivity contribution is -0.153. The highest BCUT2D eigenvalue weighted by molar-refractivity contribution is 5.99. The monoisotopic (exact) mass is 457 g/mol. The molecule has 0 saturated heterocycles. The van der Waals surface area contributed by atoms with Crippen molar-refractivity contribution in [2.75, 3.05) is 7.11 Å². The minimum atomic E-state index is -4.78. The molecule has 1 aromatic heterocycles. The second kappa shape index (κ2) is 9.97. The Balaban J connectivity index is 2.10. The molecule has 0 spiro atoms. The summed E-state index contributed by atoms with van der Waals surface area (Å²) in [4.78, 5) is 28.7. The number of ether oxygens (including phenoxy) is 2. The van der Waals surface area contributed by atoms with Gasteiger partial charge in [-0.3, -0.25) is 9.59 Å². The third-order valence-electron chi connectivity index (χ3n) is 5.08. The van der Waals surface area contributed by atoms with E-state index in [0.29, 0.717) is 6.07 Å². The van der Waals surface area contributed by atoms with E-state index in [2.05, 4.69) is 4.98 Å². The number of nitrogens with zero attached hydrogens (tertiary/aromatic N) is 1. The van der Waals surface area contributed by atoms with E-state index in [1.54, 1.807) is 0 Å². The second-order valence-electron chi connectivity index (χ2n) is 7.40. The summed E-state index contributed by atoms with van der Waals surface area (Å²) in [5.74, 6) is -4.75. The van der Waals surface area contributed by atoms with Crippen LogP contribution in [-0.2, 0) is 15.7 Å². The van der Waals surface area contributed by atoms with Gasteiger partial charge < -0.3 is 14.6 Å². The van der Waals surface area contributed by atoms with Gasteiger partial charge in [-0.2, -0.15) is 13.2 Å². The molecule has 1 aromatic carbocycles. The SMILES string of the molecule is COc1ccnc(C(=O)C[C@@H](C)C(=O)O[C@@H](C)[C@@H](C)c2ccc(F)cc2C(F)(F)F)c1O. The van der Waals surface area contributed by atoms with Crippen molar-refractivity contribution in [3.05, 3.63) is 53.1 Å². The largest absolute Gasteiger partial charge is 0.503 e. The smallest absolute Gasteiger partial charge is 0.416 e. The van der Waals surface area contributed by atoms with Crippen molar-refractivity contribution in [1.29, 1.82) is 0 Å². The summed E-state index contributed by atoms with van der Waals surface area (Å²) in [6.07, 6.45) is -4.85. The van der Waals surface area contributed by atoms with E-state index in [-0.39, 0.29) is 23.4 Å². The molecule has 6 nitrogen and oxygen atoms in total. The van der Waals surface area contributed by atoms with E-state index < -0.39 is 53.0 Å². The first-order chi connectivity index (χ1) is 14.9. The number of carbonyl (C=O) groups excluding carboxylic acids is 2. The van der Waals surface area contributed by atoms with Crippen LogP contribution in [0.3, 0.4) is 0 Å². The van der Waals surface area contributed by atoms with Crippen molar-refractivity contribution >= 4 is 11.8 Å². The topological polar surface area (TPSA) is 85.7 Å². The Kier molecular flexibility index (Phi) is 7.82. The zero-order valence-corrected chi connectivity index (χ0v) is 17.9. The van der Waals surface area contributed by atoms with Gasteiger partial charge in [-0.15, -0.1) is 0 Å². The van der Waals surface area contributed by atoms with Crippen molar-refractivity contribution in [3.63, 3.8) is 0 Å². The van der Waals surface area contributed by atoms with Gasteiger partial charge in [0.05, 0.1) is 18.6 Å². The van der Waals surface area contributed by atoms with Crippen molar-refractivity contribution in [2.45, 2.75) is 45.4 Å². The Morgan fingerprint density at radius 2 is 1.81 bits per heavy atom. The minimum absolute atomic E-state index is 0.0424. The predicted molar refractivity (Wildman–Crippen MR) is 106 cm³/mol. The number of hydrogen-bond acceptors (Lipinski definition) is 6. The first-order valence-corrected chi connectivity index (χ1v) is 9.69. The third-order valence-corrected chi connectivity index (χ3v) is 5.08. The molecule has 10 heteroatoms. The molecule has 0 aliphatic heterocycles. The van der Waals surface area contributed by atoms with Crippen LogP contribution in [0, 0.1) is 11.7 Å². The highest BCUT2D eigenvalue weighted by atomic mass is 19.4. The Bertz CT molecular complexity index is 993. The Labute approximate surface area is 182 Å². The maximum absolute atomic E-state index is 13.3. The predicted octanol–water partition coefficient (Wildman–Crippen LogP) is 4.90. The van der Waals surface area contributed by atoms with Gasteiger partial charge in [0.25, 0.3) is 0 Å². The van der Waals surface area contributed by atoms with Crippen LogP contribution in [0.5, 0.6) is 11.5 Å². The van der Waals surface area contributed by atoms with E-state index in [1.165, 1.54) is 40.1 Å². The van der Waals surface area contributed by atoms with Crippen LogP contribution in [0.25, 0.3) is 0 Å². The van der Waals surface area contributed by atoms with Crippen LogP contribution in [0.1, 0.15) is 54.7 Å². The third kappa shape index (κ3) is 5.74. The number of ketones is 1.